The van der Waals surface area contributed by atoms with Gasteiger partial charge in [-0.1, -0.05) is 18.9 Å². The molecule has 176 valence electrons. The minimum Gasteiger partial charge on any atom is -0.508 e. The minimum absolute atomic E-state index is 0. The Morgan fingerprint density at radius 1 is 1.06 bits per heavy atom. The van der Waals surface area contributed by atoms with Crippen molar-refractivity contribution in [3.8, 4) is 5.75 Å². The molecule has 0 amide bonds. The third-order valence-corrected chi connectivity index (χ3v) is 6.90. The number of fused-ring (bicyclic) bond motifs is 1. The van der Waals surface area contributed by atoms with Crippen LogP contribution in [0.15, 0.2) is 18.2 Å². The number of phenols is 1. The van der Waals surface area contributed by atoms with Crippen LogP contribution < -0.4 is 0 Å². The van der Waals surface area contributed by atoms with Crippen molar-refractivity contribution in [1.29, 1.82) is 0 Å². The number of rotatable bonds is 3. The van der Waals surface area contributed by atoms with Crippen molar-refractivity contribution in [2.24, 2.45) is 5.92 Å². The summed E-state index contributed by atoms with van der Waals surface area (Å²) in [6, 6.07) is 6.85. The first-order valence-electron chi connectivity index (χ1n) is 10.0. The highest BCUT2D eigenvalue weighted by Crippen LogP contribution is 2.55. The molecule has 9 N–H and O–H groups in total. The second-order valence-electron chi connectivity index (χ2n) is 8.42. The van der Waals surface area contributed by atoms with Gasteiger partial charge < -0.3 is 41.4 Å². The van der Waals surface area contributed by atoms with E-state index in [1.807, 2.05) is 6.07 Å². The van der Waals surface area contributed by atoms with Crippen molar-refractivity contribution in [2.45, 2.75) is 62.2 Å². The number of benzene rings is 1. The first-order chi connectivity index (χ1) is 13.7. The Balaban J connectivity index is 0.000000351. The molecule has 0 radical (unpaired) electrons. The van der Waals surface area contributed by atoms with Gasteiger partial charge >= 0.3 is 11.9 Å². The topological polar surface area (TPSA) is 202 Å². The average Bonchev–Trinajstić information content (AvgIpc) is 2.70. The van der Waals surface area contributed by atoms with Crippen LogP contribution in [0.25, 0.3) is 0 Å². The monoisotopic (exact) mass is 443 g/mol. The average molecular weight is 443 g/mol. The van der Waals surface area contributed by atoms with Gasteiger partial charge in [0.25, 0.3) is 0 Å². The maximum absolute atomic E-state index is 9.91. The van der Waals surface area contributed by atoms with Crippen LogP contribution in [0.1, 0.15) is 43.2 Å². The second-order valence-corrected chi connectivity index (χ2v) is 8.42. The Kier molecular flexibility index (Phi) is 8.97. The summed E-state index contributed by atoms with van der Waals surface area (Å²) in [7, 11) is 2.30. The number of aromatic hydroxyl groups is 1. The third kappa shape index (κ3) is 4.99. The summed E-state index contributed by atoms with van der Waals surface area (Å²) in [5, 5.41) is 42.4. The molecule has 2 fully saturated rings. The summed E-state index contributed by atoms with van der Waals surface area (Å²) in [4.78, 5) is 22.1. The molecular weight excluding hydrogens is 410 g/mol. The van der Waals surface area contributed by atoms with E-state index >= 15 is 0 Å². The van der Waals surface area contributed by atoms with Gasteiger partial charge in [-0.05, 0) is 68.5 Å². The van der Waals surface area contributed by atoms with E-state index in [9.17, 15) is 14.7 Å². The van der Waals surface area contributed by atoms with Crippen molar-refractivity contribution in [2.75, 3.05) is 13.6 Å². The van der Waals surface area contributed by atoms with E-state index < -0.39 is 24.1 Å². The number of aliphatic hydroxyl groups excluding tert-OH is 2. The van der Waals surface area contributed by atoms with Crippen molar-refractivity contribution in [3.63, 3.8) is 0 Å². The Morgan fingerprint density at radius 2 is 1.68 bits per heavy atom. The van der Waals surface area contributed by atoms with E-state index in [0.29, 0.717) is 11.2 Å². The van der Waals surface area contributed by atoms with Gasteiger partial charge in [0, 0.05) is 11.5 Å². The lowest BCUT2D eigenvalue weighted by Crippen LogP contribution is -2.59. The van der Waals surface area contributed by atoms with Crippen molar-refractivity contribution in [1.82, 2.24) is 4.90 Å². The zero-order chi connectivity index (χ0) is 21.3. The maximum Gasteiger partial charge on any atom is 0.335 e. The SMILES string of the molecule is CN1CC[C@]23CCCC[C@H]2[C@@H]1Cc1ccc(O)cc13.O.O.O=C(O)[C@H](O)[C@@H](O)C(=O)O. The number of likely N-dealkylation sites (tertiary alicyclic amines) is 1. The van der Waals surface area contributed by atoms with Crippen LogP contribution >= 0.6 is 0 Å². The van der Waals surface area contributed by atoms with Gasteiger partial charge in [-0.2, -0.15) is 0 Å². The molecule has 1 aliphatic heterocycles. The molecule has 0 unspecified atom stereocenters. The van der Waals surface area contributed by atoms with Crippen LogP contribution in [0.5, 0.6) is 5.75 Å². The molecule has 5 atom stereocenters. The first kappa shape index (κ1) is 26.8. The van der Waals surface area contributed by atoms with E-state index in [1.54, 1.807) is 0 Å². The highest BCUT2D eigenvalue weighted by atomic mass is 16.4. The summed E-state index contributed by atoms with van der Waals surface area (Å²) in [5.74, 6) is -2.27. The molecule has 2 bridgehead atoms. The largest absolute Gasteiger partial charge is 0.508 e. The van der Waals surface area contributed by atoms with Gasteiger partial charge in [0.2, 0.25) is 0 Å². The number of carboxylic acid groups (broad SMARTS) is 2. The van der Waals surface area contributed by atoms with E-state index in [1.165, 1.54) is 56.2 Å². The number of hydrogen-bond acceptors (Lipinski definition) is 6. The maximum atomic E-state index is 9.91. The van der Waals surface area contributed by atoms with Crippen molar-refractivity contribution >= 4 is 11.9 Å². The number of hydrogen-bond donors (Lipinski definition) is 5. The lowest BCUT2D eigenvalue weighted by atomic mass is 9.52. The highest BCUT2D eigenvalue weighted by Gasteiger charge is 2.53. The highest BCUT2D eigenvalue weighted by molar-refractivity contribution is 5.83. The van der Waals surface area contributed by atoms with Crippen molar-refractivity contribution < 1.29 is 46.1 Å². The predicted molar refractivity (Wildman–Crippen MR) is 111 cm³/mol. The van der Waals surface area contributed by atoms with Gasteiger partial charge in [-0.15, -0.1) is 0 Å². The summed E-state index contributed by atoms with van der Waals surface area (Å²) < 4.78 is 0. The molecule has 0 spiro atoms. The molecule has 4 rings (SSSR count). The van der Waals surface area contributed by atoms with Gasteiger partial charge in [0.05, 0.1) is 0 Å². The number of aliphatic carboxylic acids is 2. The molecule has 0 aromatic heterocycles. The minimum atomic E-state index is -2.27. The van der Waals surface area contributed by atoms with Crippen LogP contribution in [-0.4, -0.2) is 85.2 Å². The number of aliphatic hydroxyl groups is 2. The zero-order valence-electron chi connectivity index (χ0n) is 17.5. The van der Waals surface area contributed by atoms with Crippen LogP contribution in [0, 0.1) is 5.92 Å². The number of likely N-dealkylation sites (N-methyl/N-ethyl adjacent to an activating group) is 1. The van der Waals surface area contributed by atoms with Crippen molar-refractivity contribution in [3.05, 3.63) is 29.3 Å². The Labute approximate surface area is 180 Å². The molecule has 1 saturated heterocycles. The normalized spacial score (nSPS) is 28.1. The Morgan fingerprint density at radius 3 is 2.26 bits per heavy atom. The molecule has 10 nitrogen and oxygen atoms in total. The molecular formula is C21H33NO9. The zero-order valence-corrected chi connectivity index (χ0v) is 17.5. The number of phenolic OH excluding ortho intramolecular Hbond substituents is 1. The van der Waals surface area contributed by atoms with E-state index in [4.69, 9.17) is 20.4 Å². The van der Waals surface area contributed by atoms with Gasteiger partial charge in [-0.25, -0.2) is 9.59 Å². The van der Waals surface area contributed by atoms with Crippen LogP contribution in [-0.2, 0) is 21.4 Å². The summed E-state index contributed by atoms with van der Waals surface area (Å²) in [6.45, 7) is 1.22. The quantitative estimate of drug-likeness (QED) is 0.403. The predicted octanol–water partition coefficient (Wildman–Crippen LogP) is -0.692. The molecule has 1 aromatic rings. The molecule has 31 heavy (non-hydrogen) atoms. The summed E-state index contributed by atoms with van der Waals surface area (Å²) in [5.41, 5.74) is 3.36. The van der Waals surface area contributed by atoms with Crippen LogP contribution in [0.4, 0.5) is 0 Å². The number of piperidine rings is 1. The van der Waals surface area contributed by atoms with Crippen LogP contribution in [0.2, 0.25) is 0 Å². The summed E-state index contributed by atoms with van der Waals surface area (Å²) in [6.07, 6.45) is 3.39. The molecule has 1 aromatic carbocycles. The Hall–Kier alpha value is -2.24. The first-order valence-corrected chi connectivity index (χ1v) is 10.0. The van der Waals surface area contributed by atoms with Crippen LogP contribution in [0.3, 0.4) is 0 Å². The molecule has 1 saturated carbocycles. The van der Waals surface area contributed by atoms with E-state index in [0.717, 1.165) is 12.0 Å². The molecule has 1 heterocycles. The fourth-order valence-corrected chi connectivity index (χ4v) is 5.45. The number of carbonyl (C=O) groups is 2. The van der Waals surface area contributed by atoms with Gasteiger partial charge in [0.1, 0.15) is 5.75 Å². The standard InChI is InChI=1S/C17H23NO.C4H6O6.2H2O/c1-18-9-8-17-7-3-2-4-14(17)16(18)10-12-5-6-13(19)11-15(12)17;5-1(3(7)8)2(6)4(9)10;;/h5-6,11,14,16,19H,2-4,7-10H2,1H3;1-2,5-6H,(H,7,8)(H,9,10);2*1H2/t14-,16-,17+;1-,2-;;/m01../s1. The summed E-state index contributed by atoms with van der Waals surface area (Å²) >= 11 is 0. The fraction of sp³-hybridized carbons (Fsp3) is 0.619. The smallest absolute Gasteiger partial charge is 0.335 e. The lowest BCUT2D eigenvalue weighted by Gasteiger charge is -2.58. The van der Waals surface area contributed by atoms with E-state index in [-0.39, 0.29) is 11.0 Å². The fourth-order valence-electron chi connectivity index (χ4n) is 5.45. The molecule has 3 aliphatic rings. The molecule has 2 aliphatic carbocycles. The molecule has 10 heteroatoms. The third-order valence-electron chi connectivity index (χ3n) is 6.90. The second kappa shape index (κ2) is 10.4. The van der Waals surface area contributed by atoms with Gasteiger partial charge in [0.15, 0.2) is 12.2 Å². The lowest BCUT2D eigenvalue weighted by molar-refractivity contribution is -0.165. The Bertz CT molecular complexity index is 768. The number of carboxylic acids is 2. The van der Waals surface area contributed by atoms with E-state index in [2.05, 4.69) is 24.1 Å². The van der Waals surface area contributed by atoms with Gasteiger partial charge in [-0.3, -0.25) is 0 Å². The number of nitrogens with zero attached hydrogens (tertiary/aromatic N) is 1.